The van der Waals surface area contributed by atoms with E-state index in [1.807, 2.05) is 20.8 Å². The number of aryl methyl sites for hydroxylation is 1. The van der Waals surface area contributed by atoms with Gasteiger partial charge in [0.25, 0.3) is 0 Å². The van der Waals surface area contributed by atoms with Crippen LogP contribution in [0.1, 0.15) is 44.7 Å². The molecule has 0 spiro atoms. The van der Waals surface area contributed by atoms with Crippen molar-refractivity contribution in [3.63, 3.8) is 0 Å². The lowest BCUT2D eigenvalue weighted by molar-refractivity contribution is -0.274. The van der Waals surface area contributed by atoms with E-state index >= 15 is 0 Å². The van der Waals surface area contributed by atoms with Crippen molar-refractivity contribution >= 4 is 23.6 Å². The molecule has 0 saturated carbocycles. The van der Waals surface area contributed by atoms with Crippen LogP contribution in [-0.2, 0) is 22.4 Å². The van der Waals surface area contributed by atoms with E-state index in [0.29, 0.717) is 34.9 Å². The average molecular weight is 757 g/mol. The van der Waals surface area contributed by atoms with Gasteiger partial charge in [-0.2, -0.15) is 4.99 Å². The molecule has 5 rings (SSSR count). The molecule has 0 fully saturated rings. The maximum absolute atomic E-state index is 14.3. The quantitative estimate of drug-likeness (QED) is 0.0942. The zero-order chi connectivity index (χ0) is 38.3. The fourth-order valence-electron chi connectivity index (χ4n) is 5.14. The lowest BCUT2D eigenvalue weighted by Crippen LogP contribution is -2.36. The van der Waals surface area contributed by atoms with Gasteiger partial charge in [0.05, 0.1) is 25.1 Å². The largest absolute Gasteiger partial charge is 0.573 e. The molecule has 1 amide bonds. The molecule has 3 aromatic carbocycles. The highest BCUT2D eigenvalue weighted by molar-refractivity contribution is 7.03. The van der Waals surface area contributed by atoms with Crippen molar-refractivity contribution in [1.29, 1.82) is 0 Å². The van der Waals surface area contributed by atoms with Gasteiger partial charge in [0.2, 0.25) is 4.80 Å². The van der Waals surface area contributed by atoms with Crippen LogP contribution in [0.5, 0.6) is 5.75 Å². The normalized spacial score (nSPS) is 12.9. The van der Waals surface area contributed by atoms with Crippen LogP contribution in [0.4, 0.5) is 22.4 Å². The van der Waals surface area contributed by atoms with Gasteiger partial charge in [0.15, 0.2) is 5.82 Å². The summed E-state index contributed by atoms with van der Waals surface area (Å²) in [4.78, 5) is 39.7. The van der Waals surface area contributed by atoms with Gasteiger partial charge in [0.1, 0.15) is 24.1 Å². The van der Waals surface area contributed by atoms with E-state index in [-0.39, 0.29) is 41.2 Å². The number of alkyl halides is 3. The predicted molar refractivity (Wildman–Crippen MR) is 189 cm³/mol. The average Bonchev–Trinajstić information content (AvgIpc) is 3.73. The number of nitrogens with zero attached hydrogens (tertiary/aromatic N) is 7. The number of hydrogen-bond donors (Lipinski definition) is 1. The van der Waals surface area contributed by atoms with Gasteiger partial charge in [-0.05, 0) is 84.9 Å². The first-order valence-corrected chi connectivity index (χ1v) is 17.2. The number of aliphatic imine (C=N–C) groups is 1. The number of ether oxygens (including phenoxy) is 3. The van der Waals surface area contributed by atoms with Crippen molar-refractivity contribution in [3.05, 3.63) is 105 Å². The van der Waals surface area contributed by atoms with Crippen molar-refractivity contribution in [2.24, 2.45) is 9.98 Å². The monoisotopic (exact) mass is 756 g/mol. The summed E-state index contributed by atoms with van der Waals surface area (Å²) >= 11 is 1.09. The summed E-state index contributed by atoms with van der Waals surface area (Å²) < 4.78 is 70.6. The molecule has 13 nitrogen and oxygen atoms in total. The number of nitrogens with one attached hydrogen (secondary N) is 1. The van der Waals surface area contributed by atoms with E-state index in [1.54, 1.807) is 31.2 Å². The summed E-state index contributed by atoms with van der Waals surface area (Å²) in [5.74, 6) is -0.531. The third kappa shape index (κ3) is 9.76. The fourth-order valence-corrected chi connectivity index (χ4v) is 6.00. The molecule has 0 radical (unpaired) electrons. The second-order valence-electron chi connectivity index (χ2n) is 11.6. The lowest BCUT2D eigenvalue weighted by Gasteiger charge is -2.15. The zero-order valence-electron chi connectivity index (χ0n) is 29.3. The van der Waals surface area contributed by atoms with Crippen LogP contribution < -0.4 is 20.5 Å². The van der Waals surface area contributed by atoms with Gasteiger partial charge in [-0.3, -0.25) is 5.32 Å². The number of alkyl carbamates (subject to hydrolysis) is 1. The van der Waals surface area contributed by atoms with Gasteiger partial charge < -0.3 is 14.2 Å². The van der Waals surface area contributed by atoms with Crippen LogP contribution in [0.25, 0.3) is 22.8 Å². The van der Waals surface area contributed by atoms with Gasteiger partial charge in [-0.1, -0.05) is 38.1 Å². The van der Waals surface area contributed by atoms with Crippen molar-refractivity contribution in [2.75, 3.05) is 13.7 Å². The third-order valence-electron chi connectivity index (χ3n) is 7.60. The summed E-state index contributed by atoms with van der Waals surface area (Å²) in [6.45, 7) is 7.89. The molecule has 2 heterocycles. The van der Waals surface area contributed by atoms with E-state index in [1.165, 1.54) is 69.1 Å². The Morgan fingerprint density at radius 3 is 2.38 bits per heavy atom. The Hall–Kier alpha value is -5.78. The standard InChI is InChI=1S/C35H36F4N8O5S/c1-6-46-34(49)47(28-17-12-24(36)19-27(28)21(3)4)32(53-46)43-31(51-7-2)41-29(42-33(48)50-5)18-22-8-10-23(11-9-22)30-40-20-45(44-30)25-13-15-26(16-14-25)52-35(37,38)39/h8-17,19-21,29H,6-7,18H2,1-5H3,(H,42,48)/b41-31-,43-32-. The van der Waals surface area contributed by atoms with Crippen molar-refractivity contribution in [3.8, 4) is 28.5 Å². The minimum absolute atomic E-state index is 0.107. The molecule has 1 N–H and O–H groups in total. The van der Waals surface area contributed by atoms with Crippen molar-refractivity contribution < 1.29 is 36.6 Å². The molecule has 280 valence electrons. The molecule has 5 aromatic rings. The second kappa shape index (κ2) is 16.7. The SMILES string of the molecule is CCOC(=N\C(Cc1ccc(-c2ncn(-c3ccc(OC(F)(F)F)cc3)n2)cc1)NC(=O)OC)/N=c1\sn(CC)c(=O)n1-c1ccc(F)cc1C(C)C. The minimum atomic E-state index is -4.80. The van der Waals surface area contributed by atoms with Crippen molar-refractivity contribution in [2.45, 2.75) is 59.1 Å². The number of amides is 1. The number of halogens is 4. The van der Waals surface area contributed by atoms with Gasteiger partial charge in [-0.15, -0.1) is 18.3 Å². The minimum Gasteiger partial charge on any atom is -0.464 e. The summed E-state index contributed by atoms with van der Waals surface area (Å²) in [5.41, 5.74) is 2.60. The Kier molecular flexibility index (Phi) is 12.1. The van der Waals surface area contributed by atoms with Crippen LogP contribution in [-0.4, -0.2) is 61.6 Å². The first kappa shape index (κ1) is 38.5. The number of carbonyl (C=O) groups is 1. The Balaban J connectivity index is 1.44. The molecule has 1 atom stereocenters. The molecule has 0 aliphatic heterocycles. The summed E-state index contributed by atoms with van der Waals surface area (Å²) in [7, 11) is 1.22. The van der Waals surface area contributed by atoms with Crippen LogP contribution in [0.2, 0.25) is 0 Å². The van der Waals surface area contributed by atoms with Crippen LogP contribution in [0, 0.1) is 5.82 Å². The number of benzene rings is 3. The van der Waals surface area contributed by atoms with E-state index in [0.717, 1.165) is 17.1 Å². The smallest absolute Gasteiger partial charge is 0.464 e. The molecule has 0 saturated heterocycles. The molecular weight excluding hydrogens is 720 g/mol. The fraction of sp³-hybridized carbons (Fsp3) is 0.314. The lowest BCUT2D eigenvalue weighted by atomic mass is 10.0. The molecule has 0 aliphatic carbocycles. The summed E-state index contributed by atoms with van der Waals surface area (Å²) in [6, 6.07) is 16.4. The van der Waals surface area contributed by atoms with Crippen molar-refractivity contribution in [1.82, 2.24) is 28.6 Å². The maximum Gasteiger partial charge on any atom is 0.573 e. The zero-order valence-corrected chi connectivity index (χ0v) is 30.1. The van der Waals surface area contributed by atoms with Crippen LogP contribution in [0.3, 0.4) is 0 Å². The predicted octanol–water partition coefficient (Wildman–Crippen LogP) is 6.35. The van der Waals surface area contributed by atoms with E-state index in [4.69, 9.17) is 9.47 Å². The van der Waals surface area contributed by atoms with Crippen LogP contribution >= 0.6 is 11.5 Å². The van der Waals surface area contributed by atoms with E-state index in [9.17, 15) is 27.2 Å². The highest BCUT2D eigenvalue weighted by Crippen LogP contribution is 2.25. The summed E-state index contributed by atoms with van der Waals surface area (Å²) in [6.07, 6.45) is -4.85. The Morgan fingerprint density at radius 1 is 1.04 bits per heavy atom. The molecule has 1 unspecified atom stereocenters. The number of hydrogen-bond acceptors (Lipinski definition) is 9. The molecule has 0 aliphatic rings. The first-order chi connectivity index (χ1) is 25.3. The second-order valence-corrected chi connectivity index (χ2v) is 12.6. The molecule has 18 heteroatoms. The highest BCUT2D eigenvalue weighted by Gasteiger charge is 2.31. The molecule has 53 heavy (non-hydrogen) atoms. The van der Waals surface area contributed by atoms with E-state index in [2.05, 4.69) is 30.1 Å². The number of rotatable bonds is 11. The first-order valence-electron chi connectivity index (χ1n) is 16.4. The third-order valence-corrected chi connectivity index (χ3v) is 8.67. The molecule has 2 aromatic heterocycles. The maximum atomic E-state index is 14.3. The van der Waals surface area contributed by atoms with Gasteiger partial charge in [-0.25, -0.2) is 37.2 Å². The number of amidine groups is 1. The van der Waals surface area contributed by atoms with E-state index < -0.39 is 24.4 Å². The Labute approximate surface area is 305 Å². The topological polar surface area (TPSA) is 139 Å². The van der Waals surface area contributed by atoms with Crippen LogP contribution in [0.15, 0.2) is 87.8 Å². The highest BCUT2D eigenvalue weighted by atomic mass is 32.1. The van der Waals surface area contributed by atoms with Gasteiger partial charge in [0, 0.05) is 18.5 Å². The Bertz CT molecular complexity index is 2190. The number of aromatic nitrogens is 5. The summed E-state index contributed by atoms with van der Waals surface area (Å²) in [5, 5.41) is 7.11. The van der Waals surface area contributed by atoms with Gasteiger partial charge >= 0.3 is 24.2 Å². The molecule has 0 bridgehead atoms. The molecular formula is C35H36F4N8O5S. The number of methoxy groups -OCH3 is 1. The Morgan fingerprint density at radius 2 is 1.75 bits per heavy atom. The number of carbonyl (C=O) groups excluding carboxylic acids is 1.